The van der Waals surface area contributed by atoms with Crippen LogP contribution in [0.25, 0.3) is 0 Å². The minimum absolute atomic E-state index is 0.248. The van der Waals surface area contributed by atoms with Crippen molar-refractivity contribution in [3.05, 3.63) is 46.5 Å². The van der Waals surface area contributed by atoms with Crippen LogP contribution >= 0.6 is 11.5 Å². The summed E-state index contributed by atoms with van der Waals surface area (Å²) >= 11 is 1.25. The van der Waals surface area contributed by atoms with Crippen LogP contribution in [-0.4, -0.2) is 17.5 Å². The van der Waals surface area contributed by atoms with Gasteiger partial charge >= 0.3 is 5.97 Å². The van der Waals surface area contributed by atoms with Crippen LogP contribution < -0.4 is 4.74 Å². The average Bonchev–Trinajstić information content (AvgIpc) is 2.83. The van der Waals surface area contributed by atoms with Crippen molar-refractivity contribution < 1.29 is 14.3 Å². The summed E-state index contributed by atoms with van der Waals surface area (Å²) in [4.78, 5) is 11.7. The van der Waals surface area contributed by atoms with E-state index in [4.69, 9.17) is 9.47 Å². The summed E-state index contributed by atoms with van der Waals surface area (Å²) in [5.41, 5.74) is 2.17. The maximum absolute atomic E-state index is 11.7. The molecule has 1 heterocycles. The SMILES string of the molecule is COc1ccc(COC(=O)c2csnc2C)cc1. The number of aromatic nitrogens is 1. The highest BCUT2D eigenvalue weighted by molar-refractivity contribution is 7.03. The van der Waals surface area contributed by atoms with Gasteiger partial charge in [-0.2, -0.15) is 4.37 Å². The molecule has 0 unspecified atom stereocenters. The van der Waals surface area contributed by atoms with Crippen molar-refractivity contribution in [2.24, 2.45) is 0 Å². The molecule has 2 aromatic rings. The van der Waals surface area contributed by atoms with Gasteiger partial charge in [0.2, 0.25) is 0 Å². The van der Waals surface area contributed by atoms with Gasteiger partial charge in [0, 0.05) is 5.38 Å². The minimum Gasteiger partial charge on any atom is -0.497 e. The van der Waals surface area contributed by atoms with Gasteiger partial charge in [-0.1, -0.05) is 12.1 Å². The number of carbonyl (C=O) groups is 1. The molecule has 0 amide bonds. The zero-order valence-electron chi connectivity index (χ0n) is 10.2. The van der Waals surface area contributed by atoms with E-state index >= 15 is 0 Å². The Labute approximate surface area is 109 Å². The van der Waals surface area contributed by atoms with Crippen LogP contribution in [0.15, 0.2) is 29.6 Å². The second-order valence-electron chi connectivity index (χ2n) is 3.74. The Morgan fingerprint density at radius 1 is 1.33 bits per heavy atom. The number of hydrogen-bond acceptors (Lipinski definition) is 5. The van der Waals surface area contributed by atoms with Gasteiger partial charge in [-0.25, -0.2) is 4.79 Å². The Morgan fingerprint density at radius 3 is 2.61 bits per heavy atom. The third-order valence-electron chi connectivity index (χ3n) is 2.50. The van der Waals surface area contributed by atoms with Crippen LogP contribution in [0.5, 0.6) is 5.75 Å². The lowest BCUT2D eigenvalue weighted by molar-refractivity contribution is 0.0472. The van der Waals surface area contributed by atoms with Crippen LogP contribution in [0.2, 0.25) is 0 Å². The number of carbonyl (C=O) groups excluding carboxylic acids is 1. The highest BCUT2D eigenvalue weighted by Gasteiger charge is 2.12. The molecule has 0 fully saturated rings. The molecule has 5 heteroatoms. The Bertz CT molecular complexity index is 533. The summed E-state index contributed by atoms with van der Waals surface area (Å²) in [6.45, 7) is 2.04. The van der Waals surface area contributed by atoms with Crippen molar-refractivity contribution in [3.8, 4) is 5.75 Å². The fraction of sp³-hybridized carbons (Fsp3) is 0.231. The predicted octanol–water partition coefficient (Wildman–Crippen LogP) is 2.82. The number of hydrogen-bond donors (Lipinski definition) is 0. The number of esters is 1. The van der Waals surface area contributed by atoms with Crippen LogP contribution in [0, 0.1) is 6.92 Å². The van der Waals surface area contributed by atoms with Gasteiger partial charge in [0.15, 0.2) is 0 Å². The molecular weight excluding hydrogens is 250 g/mol. The Morgan fingerprint density at radius 2 is 2.06 bits per heavy atom. The first-order chi connectivity index (χ1) is 8.70. The number of rotatable bonds is 4. The second kappa shape index (κ2) is 5.64. The smallest absolute Gasteiger partial charge is 0.341 e. The summed E-state index contributed by atoms with van der Waals surface area (Å²) in [5, 5.41) is 1.70. The van der Waals surface area contributed by atoms with Crippen molar-refractivity contribution >= 4 is 17.5 Å². The number of aryl methyl sites for hydroxylation is 1. The highest BCUT2D eigenvalue weighted by Crippen LogP contribution is 2.14. The number of benzene rings is 1. The lowest BCUT2D eigenvalue weighted by atomic mass is 10.2. The first-order valence-corrected chi connectivity index (χ1v) is 6.25. The van der Waals surface area contributed by atoms with Gasteiger partial charge in [-0.05, 0) is 36.2 Å². The first kappa shape index (κ1) is 12.6. The summed E-state index contributed by atoms with van der Waals surface area (Å²) < 4.78 is 14.3. The fourth-order valence-corrected chi connectivity index (χ4v) is 2.12. The van der Waals surface area contributed by atoms with Crippen molar-refractivity contribution in [1.82, 2.24) is 4.37 Å². The molecule has 0 aliphatic rings. The molecule has 0 N–H and O–H groups in total. The topological polar surface area (TPSA) is 48.4 Å². The summed E-state index contributed by atoms with van der Waals surface area (Å²) in [6, 6.07) is 7.40. The summed E-state index contributed by atoms with van der Waals surface area (Å²) in [6.07, 6.45) is 0. The Balaban J connectivity index is 1.95. The largest absolute Gasteiger partial charge is 0.497 e. The first-order valence-electron chi connectivity index (χ1n) is 5.41. The molecule has 94 valence electrons. The molecule has 0 saturated heterocycles. The van der Waals surface area contributed by atoms with E-state index in [0.29, 0.717) is 11.3 Å². The van der Waals surface area contributed by atoms with E-state index in [0.717, 1.165) is 11.3 Å². The second-order valence-corrected chi connectivity index (χ2v) is 4.37. The molecule has 1 aromatic carbocycles. The van der Waals surface area contributed by atoms with Gasteiger partial charge in [0.05, 0.1) is 18.4 Å². The predicted molar refractivity (Wildman–Crippen MR) is 69.0 cm³/mol. The zero-order chi connectivity index (χ0) is 13.0. The van der Waals surface area contributed by atoms with Crippen molar-refractivity contribution in [3.63, 3.8) is 0 Å². The van der Waals surface area contributed by atoms with Crippen molar-refractivity contribution in [2.75, 3.05) is 7.11 Å². The van der Waals surface area contributed by atoms with Gasteiger partial charge in [-0.15, -0.1) is 0 Å². The molecule has 0 spiro atoms. The van der Waals surface area contributed by atoms with Gasteiger partial charge in [-0.3, -0.25) is 0 Å². The molecule has 4 nitrogen and oxygen atoms in total. The van der Waals surface area contributed by atoms with Crippen LogP contribution in [0.1, 0.15) is 21.6 Å². The molecular formula is C13H13NO3S. The third kappa shape index (κ3) is 2.87. The summed E-state index contributed by atoms with van der Waals surface area (Å²) in [7, 11) is 1.61. The standard InChI is InChI=1S/C13H13NO3S/c1-9-12(8-18-14-9)13(15)17-7-10-3-5-11(16-2)6-4-10/h3-6,8H,7H2,1-2H3. The van der Waals surface area contributed by atoms with Crippen LogP contribution in [0.4, 0.5) is 0 Å². The van der Waals surface area contributed by atoms with Crippen LogP contribution in [-0.2, 0) is 11.3 Å². The number of nitrogens with zero attached hydrogens (tertiary/aromatic N) is 1. The quantitative estimate of drug-likeness (QED) is 0.796. The lowest BCUT2D eigenvalue weighted by Gasteiger charge is -2.05. The Hall–Kier alpha value is -1.88. The average molecular weight is 263 g/mol. The number of methoxy groups -OCH3 is 1. The van der Waals surface area contributed by atoms with E-state index in [1.807, 2.05) is 24.3 Å². The van der Waals surface area contributed by atoms with Gasteiger partial charge < -0.3 is 9.47 Å². The van der Waals surface area contributed by atoms with E-state index in [-0.39, 0.29) is 12.6 Å². The minimum atomic E-state index is -0.336. The van der Waals surface area contributed by atoms with Gasteiger partial charge in [0.1, 0.15) is 12.4 Å². The maximum Gasteiger partial charge on any atom is 0.341 e. The normalized spacial score (nSPS) is 10.1. The van der Waals surface area contributed by atoms with Crippen LogP contribution in [0.3, 0.4) is 0 Å². The van der Waals surface area contributed by atoms with Crippen molar-refractivity contribution in [2.45, 2.75) is 13.5 Å². The third-order valence-corrected chi connectivity index (χ3v) is 3.22. The monoisotopic (exact) mass is 263 g/mol. The van der Waals surface area contributed by atoms with E-state index in [9.17, 15) is 4.79 Å². The van der Waals surface area contributed by atoms with E-state index in [2.05, 4.69) is 4.37 Å². The zero-order valence-corrected chi connectivity index (χ0v) is 11.0. The molecule has 2 rings (SSSR count). The Kier molecular flexibility index (Phi) is 3.94. The molecule has 18 heavy (non-hydrogen) atoms. The summed E-state index contributed by atoms with van der Waals surface area (Å²) in [5.74, 6) is 0.444. The molecule has 0 aliphatic heterocycles. The van der Waals surface area contributed by atoms with E-state index in [1.54, 1.807) is 19.4 Å². The molecule has 0 bridgehead atoms. The van der Waals surface area contributed by atoms with E-state index in [1.165, 1.54) is 11.5 Å². The highest BCUT2D eigenvalue weighted by atomic mass is 32.1. The molecule has 0 aliphatic carbocycles. The fourth-order valence-electron chi connectivity index (χ4n) is 1.44. The van der Waals surface area contributed by atoms with Gasteiger partial charge in [0.25, 0.3) is 0 Å². The molecule has 1 aromatic heterocycles. The molecule has 0 radical (unpaired) electrons. The van der Waals surface area contributed by atoms with E-state index < -0.39 is 0 Å². The lowest BCUT2D eigenvalue weighted by Crippen LogP contribution is -2.05. The van der Waals surface area contributed by atoms with Crippen molar-refractivity contribution in [1.29, 1.82) is 0 Å². The number of ether oxygens (including phenoxy) is 2. The molecule has 0 saturated carbocycles. The molecule has 0 atom stereocenters. The maximum atomic E-state index is 11.7.